The Kier molecular flexibility index (Phi) is 2.06. The Morgan fingerprint density at radius 1 is 1.24 bits per heavy atom. The zero-order valence-electron chi connectivity index (χ0n) is 11.5. The molecule has 0 aromatic heterocycles. The predicted octanol–water partition coefficient (Wildman–Crippen LogP) is 3.98. The van der Waals surface area contributed by atoms with Crippen molar-refractivity contribution in [2.45, 2.75) is 53.4 Å². The van der Waals surface area contributed by atoms with Crippen LogP contribution < -0.4 is 0 Å². The van der Waals surface area contributed by atoms with Crippen LogP contribution >= 0.6 is 0 Å². The molecule has 0 N–H and O–H groups in total. The molecule has 0 radical (unpaired) electrons. The van der Waals surface area contributed by atoms with Crippen molar-refractivity contribution in [1.29, 1.82) is 0 Å². The van der Waals surface area contributed by atoms with Gasteiger partial charge in [0.15, 0.2) is 0 Å². The van der Waals surface area contributed by atoms with E-state index in [0.717, 1.165) is 24.7 Å². The van der Waals surface area contributed by atoms with Crippen LogP contribution in [-0.4, -0.2) is 5.78 Å². The molecule has 0 amide bonds. The average Bonchev–Trinajstić information content (AvgIpc) is 2.76. The highest BCUT2D eigenvalue weighted by molar-refractivity contribution is 5.91. The summed E-state index contributed by atoms with van der Waals surface area (Å²) in [6.07, 6.45) is 9.15. The van der Waals surface area contributed by atoms with E-state index in [9.17, 15) is 4.79 Å². The number of carbonyl (C=O) groups excluding carboxylic acids is 1. The minimum absolute atomic E-state index is 0.147. The fourth-order valence-electron chi connectivity index (χ4n) is 5.55. The summed E-state index contributed by atoms with van der Waals surface area (Å²) in [7, 11) is 0. The number of ketones is 1. The van der Waals surface area contributed by atoms with Crippen molar-refractivity contribution in [2.24, 2.45) is 28.1 Å². The normalized spacial score (nSPS) is 52.3. The third-order valence-electron chi connectivity index (χ3n) is 6.60. The molecule has 4 atom stereocenters. The third kappa shape index (κ3) is 1.01. The summed E-state index contributed by atoms with van der Waals surface area (Å²) in [4.78, 5) is 12.3. The van der Waals surface area contributed by atoms with Gasteiger partial charge in [-0.1, -0.05) is 32.9 Å². The summed E-state index contributed by atoms with van der Waals surface area (Å²) in [5.74, 6) is 1.97. The molecule has 2 fully saturated rings. The van der Waals surface area contributed by atoms with Crippen molar-refractivity contribution in [3.8, 4) is 0 Å². The second-order valence-electron chi connectivity index (χ2n) is 7.21. The van der Waals surface area contributed by atoms with Crippen LogP contribution in [0.1, 0.15) is 53.4 Å². The Balaban J connectivity index is 2.12. The number of Topliss-reactive ketones (excluding diaryl/α,β-unsaturated/α-hetero) is 1. The monoisotopic (exact) mass is 232 g/mol. The van der Waals surface area contributed by atoms with Gasteiger partial charge >= 0.3 is 0 Å². The van der Waals surface area contributed by atoms with Crippen molar-refractivity contribution >= 4 is 5.78 Å². The van der Waals surface area contributed by atoms with Gasteiger partial charge in [0.25, 0.3) is 0 Å². The van der Waals surface area contributed by atoms with Crippen LogP contribution in [0.2, 0.25) is 0 Å². The minimum atomic E-state index is -0.147. The van der Waals surface area contributed by atoms with E-state index in [4.69, 9.17) is 0 Å². The lowest BCUT2D eigenvalue weighted by Crippen LogP contribution is -2.43. The molecule has 0 saturated heterocycles. The summed E-state index contributed by atoms with van der Waals surface area (Å²) >= 11 is 0. The number of rotatable bonds is 1. The van der Waals surface area contributed by atoms with Gasteiger partial charge in [-0.05, 0) is 48.9 Å². The number of hydrogen-bond acceptors (Lipinski definition) is 1. The number of allylic oxidation sites excluding steroid dienone is 2. The molecule has 1 nitrogen and oxygen atoms in total. The van der Waals surface area contributed by atoms with Crippen molar-refractivity contribution in [3.63, 3.8) is 0 Å². The van der Waals surface area contributed by atoms with E-state index in [1.54, 1.807) is 0 Å². The lowest BCUT2D eigenvalue weighted by Gasteiger charge is -2.46. The fourth-order valence-corrected chi connectivity index (χ4v) is 5.55. The fraction of sp³-hybridized carbons (Fsp3) is 0.812. The van der Waals surface area contributed by atoms with Crippen LogP contribution in [0.4, 0.5) is 0 Å². The molecule has 0 unspecified atom stereocenters. The van der Waals surface area contributed by atoms with E-state index < -0.39 is 0 Å². The Labute approximate surface area is 105 Å². The first kappa shape index (κ1) is 11.5. The maximum absolute atomic E-state index is 12.3. The molecule has 0 aromatic rings. The van der Waals surface area contributed by atoms with Gasteiger partial charge in [0.2, 0.25) is 0 Å². The van der Waals surface area contributed by atoms with Gasteiger partial charge in [0.05, 0.1) is 5.41 Å². The molecule has 17 heavy (non-hydrogen) atoms. The molecule has 1 heteroatoms. The quantitative estimate of drug-likeness (QED) is 0.625. The lowest BCUT2D eigenvalue weighted by atomic mass is 9.57. The summed E-state index contributed by atoms with van der Waals surface area (Å²) in [5, 5.41) is 0. The highest BCUT2D eigenvalue weighted by Crippen LogP contribution is 2.74. The van der Waals surface area contributed by atoms with Crippen LogP contribution in [0.25, 0.3) is 0 Å². The molecular formula is C16H24O. The molecule has 1 spiro atoms. The number of carbonyl (C=O) groups is 1. The van der Waals surface area contributed by atoms with Crippen molar-refractivity contribution in [2.75, 3.05) is 0 Å². The topological polar surface area (TPSA) is 17.1 Å². The van der Waals surface area contributed by atoms with Crippen molar-refractivity contribution < 1.29 is 4.79 Å². The van der Waals surface area contributed by atoms with Crippen LogP contribution in [0.15, 0.2) is 12.2 Å². The van der Waals surface area contributed by atoms with Gasteiger partial charge in [-0.2, -0.15) is 0 Å². The van der Waals surface area contributed by atoms with Gasteiger partial charge in [-0.25, -0.2) is 0 Å². The summed E-state index contributed by atoms with van der Waals surface area (Å²) in [6.45, 7) is 9.31. The Hall–Kier alpha value is -0.590. The molecular weight excluding hydrogens is 208 g/mol. The average molecular weight is 232 g/mol. The molecule has 0 aromatic carbocycles. The first-order valence-electron chi connectivity index (χ1n) is 7.11. The summed E-state index contributed by atoms with van der Waals surface area (Å²) in [6, 6.07) is 0. The second-order valence-corrected chi connectivity index (χ2v) is 7.21. The van der Waals surface area contributed by atoms with Gasteiger partial charge in [0.1, 0.15) is 5.78 Å². The van der Waals surface area contributed by atoms with E-state index in [-0.39, 0.29) is 16.2 Å². The molecule has 3 aliphatic carbocycles. The third-order valence-corrected chi connectivity index (χ3v) is 6.60. The van der Waals surface area contributed by atoms with Gasteiger partial charge in [0, 0.05) is 6.42 Å². The van der Waals surface area contributed by atoms with E-state index in [0.29, 0.717) is 5.78 Å². The van der Waals surface area contributed by atoms with Crippen LogP contribution in [0.5, 0.6) is 0 Å². The maximum Gasteiger partial charge on any atom is 0.143 e. The van der Waals surface area contributed by atoms with Gasteiger partial charge in [-0.15, -0.1) is 0 Å². The highest BCUT2D eigenvalue weighted by Gasteiger charge is 2.70. The molecule has 3 aliphatic rings. The zero-order valence-corrected chi connectivity index (χ0v) is 11.5. The Morgan fingerprint density at radius 2 is 1.94 bits per heavy atom. The molecule has 0 bridgehead atoms. The number of hydrogen-bond donors (Lipinski definition) is 0. The zero-order chi connectivity index (χ0) is 12.5. The van der Waals surface area contributed by atoms with Gasteiger partial charge < -0.3 is 0 Å². The SMILES string of the molecule is CC(C)[C@@H]1CC[C@]23CCC(=O)[C@@]2(C)C=C[C@]13C. The van der Waals surface area contributed by atoms with Crippen molar-refractivity contribution in [3.05, 3.63) is 12.2 Å². The van der Waals surface area contributed by atoms with E-state index >= 15 is 0 Å². The summed E-state index contributed by atoms with van der Waals surface area (Å²) in [5.41, 5.74) is 0.374. The van der Waals surface area contributed by atoms with E-state index in [1.807, 2.05) is 0 Å². The van der Waals surface area contributed by atoms with Crippen molar-refractivity contribution in [1.82, 2.24) is 0 Å². The highest BCUT2D eigenvalue weighted by atomic mass is 16.1. The minimum Gasteiger partial charge on any atom is -0.299 e. The Bertz CT molecular complexity index is 408. The first-order valence-corrected chi connectivity index (χ1v) is 7.11. The van der Waals surface area contributed by atoms with E-state index in [2.05, 4.69) is 39.8 Å². The predicted molar refractivity (Wildman–Crippen MR) is 69.6 cm³/mol. The smallest absolute Gasteiger partial charge is 0.143 e. The lowest BCUT2D eigenvalue weighted by molar-refractivity contribution is -0.127. The molecule has 2 saturated carbocycles. The maximum atomic E-state index is 12.3. The Morgan fingerprint density at radius 3 is 2.59 bits per heavy atom. The van der Waals surface area contributed by atoms with E-state index in [1.165, 1.54) is 12.8 Å². The molecule has 0 heterocycles. The van der Waals surface area contributed by atoms with Crippen LogP contribution in [0, 0.1) is 28.1 Å². The molecule has 3 rings (SSSR count). The second kappa shape index (κ2) is 3.05. The van der Waals surface area contributed by atoms with Crippen LogP contribution in [-0.2, 0) is 4.79 Å². The molecule has 0 aliphatic heterocycles. The van der Waals surface area contributed by atoms with Gasteiger partial charge in [-0.3, -0.25) is 4.79 Å². The van der Waals surface area contributed by atoms with Crippen LogP contribution in [0.3, 0.4) is 0 Å². The largest absolute Gasteiger partial charge is 0.299 e. The first-order chi connectivity index (χ1) is 7.87. The summed E-state index contributed by atoms with van der Waals surface area (Å²) < 4.78 is 0. The standard InChI is InChI=1S/C16H24O/c1-11(2)12-5-7-16-8-6-13(17)15(16,4)10-9-14(12,16)3/h9-12H,5-8H2,1-4H3/t12-,14+,15+,16+/m0/s1. The molecule has 94 valence electrons.